The maximum absolute atomic E-state index is 3.57. The van der Waals surface area contributed by atoms with Crippen molar-refractivity contribution in [1.82, 2.24) is 0 Å². The molecular weight excluding hydrogens is 292 g/mol. The van der Waals surface area contributed by atoms with E-state index in [1.807, 2.05) is 11.3 Å². The third-order valence-electron chi connectivity index (χ3n) is 3.38. The van der Waals surface area contributed by atoms with Gasteiger partial charge in [-0.2, -0.15) is 0 Å². The summed E-state index contributed by atoms with van der Waals surface area (Å²) in [4.78, 5) is 1.47. The zero-order valence-corrected chi connectivity index (χ0v) is 11.4. The summed E-state index contributed by atoms with van der Waals surface area (Å²) < 4.78 is 2.56. The molecule has 0 radical (unpaired) electrons. The Morgan fingerprint density at radius 2 is 1.94 bits per heavy atom. The van der Waals surface area contributed by atoms with E-state index in [4.69, 9.17) is 0 Å². The maximum atomic E-state index is 3.57. The fraction of sp³-hybridized carbons (Fsp3) is 0.0667. The molecule has 0 N–H and O–H groups in total. The van der Waals surface area contributed by atoms with Crippen LogP contribution in [0.25, 0.3) is 20.5 Å². The molecule has 1 aliphatic rings. The minimum absolute atomic E-state index is 1.09. The quantitative estimate of drug-likeness (QED) is 0.417. The van der Waals surface area contributed by atoms with Crippen molar-refractivity contribution in [3.05, 3.63) is 58.1 Å². The molecule has 1 aromatic heterocycles. The molecule has 3 aromatic rings. The molecule has 17 heavy (non-hydrogen) atoms. The Balaban J connectivity index is 2.09. The van der Waals surface area contributed by atoms with Gasteiger partial charge in [0.15, 0.2) is 0 Å². The molecule has 0 fully saturated rings. The molecule has 2 aromatic carbocycles. The molecule has 1 heterocycles. The number of rotatable bonds is 0. The van der Waals surface area contributed by atoms with Crippen molar-refractivity contribution < 1.29 is 0 Å². The minimum Gasteiger partial charge on any atom is -0.135 e. The molecule has 0 unspecified atom stereocenters. The monoisotopic (exact) mass is 300 g/mol. The standard InChI is InChI=1S/C15H9BrS/c16-10-5-6-14-12(8-10)13-7-9-3-1-2-4-11(9)15(13)17-14/h1-6,8H,7H2. The topological polar surface area (TPSA) is 0 Å². The fourth-order valence-corrected chi connectivity index (χ4v) is 4.22. The van der Waals surface area contributed by atoms with Crippen LogP contribution in [0.1, 0.15) is 11.1 Å². The van der Waals surface area contributed by atoms with Crippen molar-refractivity contribution in [1.29, 1.82) is 0 Å². The van der Waals surface area contributed by atoms with E-state index in [2.05, 4.69) is 58.4 Å². The third kappa shape index (κ3) is 1.34. The average molecular weight is 301 g/mol. The number of hydrogen-bond acceptors (Lipinski definition) is 1. The van der Waals surface area contributed by atoms with Crippen LogP contribution in [-0.4, -0.2) is 0 Å². The predicted octanol–water partition coefficient (Wildman–Crippen LogP) is 5.24. The van der Waals surface area contributed by atoms with Crippen LogP contribution in [0.3, 0.4) is 0 Å². The van der Waals surface area contributed by atoms with E-state index >= 15 is 0 Å². The van der Waals surface area contributed by atoms with Gasteiger partial charge in [0.1, 0.15) is 0 Å². The predicted molar refractivity (Wildman–Crippen MR) is 77.8 cm³/mol. The van der Waals surface area contributed by atoms with E-state index in [9.17, 15) is 0 Å². The zero-order valence-electron chi connectivity index (χ0n) is 9.03. The Labute approximate surface area is 112 Å². The minimum atomic E-state index is 1.09. The van der Waals surface area contributed by atoms with Crippen molar-refractivity contribution >= 4 is 37.4 Å². The van der Waals surface area contributed by atoms with Gasteiger partial charge in [-0.05, 0) is 40.3 Å². The highest BCUT2D eigenvalue weighted by Gasteiger charge is 2.22. The zero-order chi connectivity index (χ0) is 11.4. The molecular formula is C15H9BrS. The summed E-state index contributed by atoms with van der Waals surface area (Å²) in [5.74, 6) is 0. The van der Waals surface area contributed by atoms with Crippen molar-refractivity contribution in [2.45, 2.75) is 6.42 Å². The van der Waals surface area contributed by atoms with Gasteiger partial charge in [0.25, 0.3) is 0 Å². The van der Waals surface area contributed by atoms with E-state index in [1.165, 1.54) is 36.1 Å². The van der Waals surface area contributed by atoms with E-state index in [1.54, 1.807) is 0 Å². The maximum Gasteiger partial charge on any atom is 0.0393 e. The normalized spacial score (nSPS) is 12.8. The first-order valence-electron chi connectivity index (χ1n) is 5.62. The highest BCUT2D eigenvalue weighted by atomic mass is 79.9. The second-order valence-electron chi connectivity index (χ2n) is 4.38. The first-order chi connectivity index (χ1) is 8.33. The number of fused-ring (bicyclic) bond motifs is 5. The summed E-state index contributed by atoms with van der Waals surface area (Å²) in [5, 5.41) is 1.41. The number of benzene rings is 2. The number of thiophene rings is 1. The Morgan fingerprint density at radius 3 is 2.88 bits per heavy atom. The van der Waals surface area contributed by atoms with Crippen molar-refractivity contribution in [2.75, 3.05) is 0 Å². The van der Waals surface area contributed by atoms with Crippen LogP contribution in [-0.2, 0) is 6.42 Å². The lowest BCUT2D eigenvalue weighted by Crippen LogP contribution is -1.79. The van der Waals surface area contributed by atoms with Crippen LogP contribution in [0.5, 0.6) is 0 Å². The van der Waals surface area contributed by atoms with Crippen molar-refractivity contribution in [3.63, 3.8) is 0 Å². The lowest BCUT2D eigenvalue weighted by atomic mass is 10.1. The Bertz CT molecular complexity index is 740. The highest BCUT2D eigenvalue weighted by Crippen LogP contribution is 2.46. The van der Waals surface area contributed by atoms with Gasteiger partial charge in [-0.15, -0.1) is 11.3 Å². The molecule has 0 spiro atoms. The number of hydrogen-bond donors (Lipinski definition) is 0. The Hall–Kier alpha value is -1.12. The molecule has 0 saturated carbocycles. The van der Waals surface area contributed by atoms with Gasteiger partial charge in [-0.3, -0.25) is 0 Å². The lowest BCUT2D eigenvalue weighted by molar-refractivity contribution is 1.29. The molecule has 2 heteroatoms. The lowest BCUT2D eigenvalue weighted by Gasteiger charge is -1.97. The second kappa shape index (κ2) is 3.44. The van der Waals surface area contributed by atoms with Gasteiger partial charge in [-0.1, -0.05) is 40.2 Å². The van der Waals surface area contributed by atoms with Crippen molar-refractivity contribution in [3.8, 4) is 10.4 Å². The second-order valence-corrected chi connectivity index (χ2v) is 6.35. The number of halogens is 1. The van der Waals surface area contributed by atoms with Gasteiger partial charge < -0.3 is 0 Å². The van der Waals surface area contributed by atoms with Gasteiger partial charge in [-0.25, -0.2) is 0 Å². The van der Waals surface area contributed by atoms with Crippen LogP contribution in [0.15, 0.2) is 46.9 Å². The molecule has 0 bridgehead atoms. The average Bonchev–Trinajstić information content (AvgIpc) is 2.85. The molecule has 0 saturated heterocycles. The first-order valence-corrected chi connectivity index (χ1v) is 7.23. The molecule has 0 atom stereocenters. The van der Waals surface area contributed by atoms with Crippen LogP contribution in [0.2, 0.25) is 0 Å². The van der Waals surface area contributed by atoms with Crippen LogP contribution < -0.4 is 0 Å². The van der Waals surface area contributed by atoms with E-state index in [0.717, 1.165) is 6.42 Å². The van der Waals surface area contributed by atoms with Crippen LogP contribution >= 0.6 is 27.3 Å². The van der Waals surface area contributed by atoms with E-state index < -0.39 is 0 Å². The SMILES string of the molecule is Brc1ccc2sc3c(c2c1)Cc1ccccc1-3. The Morgan fingerprint density at radius 1 is 1.06 bits per heavy atom. The molecule has 1 aliphatic carbocycles. The highest BCUT2D eigenvalue weighted by molar-refractivity contribution is 9.10. The summed E-state index contributed by atoms with van der Waals surface area (Å²) in [6.07, 6.45) is 1.09. The van der Waals surface area contributed by atoms with Crippen LogP contribution in [0.4, 0.5) is 0 Å². The molecule has 0 nitrogen and oxygen atoms in total. The smallest absolute Gasteiger partial charge is 0.0393 e. The van der Waals surface area contributed by atoms with Crippen LogP contribution in [0, 0.1) is 0 Å². The van der Waals surface area contributed by atoms with E-state index in [0.29, 0.717) is 0 Å². The fourth-order valence-electron chi connectivity index (χ4n) is 2.60. The van der Waals surface area contributed by atoms with Gasteiger partial charge in [0.05, 0.1) is 0 Å². The van der Waals surface area contributed by atoms with Gasteiger partial charge in [0, 0.05) is 20.5 Å². The summed E-state index contributed by atoms with van der Waals surface area (Å²) in [6, 6.07) is 15.3. The third-order valence-corrected chi connectivity index (χ3v) is 5.12. The van der Waals surface area contributed by atoms with Gasteiger partial charge in [0.2, 0.25) is 0 Å². The van der Waals surface area contributed by atoms with Crippen molar-refractivity contribution in [2.24, 2.45) is 0 Å². The van der Waals surface area contributed by atoms with E-state index in [-0.39, 0.29) is 0 Å². The summed E-state index contributed by atoms with van der Waals surface area (Å²) in [7, 11) is 0. The summed E-state index contributed by atoms with van der Waals surface area (Å²) in [6.45, 7) is 0. The summed E-state index contributed by atoms with van der Waals surface area (Å²) in [5.41, 5.74) is 4.41. The largest absolute Gasteiger partial charge is 0.135 e. The molecule has 0 aliphatic heterocycles. The first kappa shape index (κ1) is 9.86. The Kier molecular flexibility index (Phi) is 1.99. The van der Waals surface area contributed by atoms with Gasteiger partial charge >= 0.3 is 0 Å². The molecule has 0 amide bonds. The molecule has 4 rings (SSSR count). The molecule has 82 valence electrons. The summed E-state index contributed by atoms with van der Waals surface area (Å²) >= 11 is 5.48.